The average molecular weight is 238 g/mol. The van der Waals surface area contributed by atoms with E-state index >= 15 is 0 Å². The summed E-state index contributed by atoms with van der Waals surface area (Å²) in [6, 6.07) is 1.73. The Morgan fingerprint density at radius 2 is 2.12 bits per heavy atom. The minimum Gasteiger partial charge on any atom is -0.478 e. The summed E-state index contributed by atoms with van der Waals surface area (Å²) in [7, 11) is 0. The first-order chi connectivity index (χ1) is 8.06. The van der Waals surface area contributed by atoms with Gasteiger partial charge in [-0.3, -0.25) is 4.98 Å². The molecule has 0 unspecified atom stereocenters. The summed E-state index contributed by atoms with van der Waals surface area (Å²) in [6.45, 7) is 4.32. The summed E-state index contributed by atoms with van der Waals surface area (Å²) >= 11 is 0. The average Bonchev–Trinajstić information content (AvgIpc) is 2.22. The van der Waals surface area contributed by atoms with Crippen molar-refractivity contribution >= 4 is 11.7 Å². The Balaban J connectivity index is 2.85. The van der Waals surface area contributed by atoms with E-state index in [4.69, 9.17) is 10.2 Å². The Labute approximate surface area is 101 Å². The van der Waals surface area contributed by atoms with Crippen molar-refractivity contribution in [3.8, 4) is 0 Å². The van der Waals surface area contributed by atoms with E-state index in [1.807, 2.05) is 6.92 Å². The lowest BCUT2D eigenvalue weighted by Crippen LogP contribution is -2.11. The van der Waals surface area contributed by atoms with Crippen molar-refractivity contribution in [3.05, 3.63) is 23.0 Å². The van der Waals surface area contributed by atoms with Gasteiger partial charge in [0.2, 0.25) is 0 Å². The van der Waals surface area contributed by atoms with E-state index in [0.717, 1.165) is 12.1 Å². The third-order valence-electron chi connectivity index (χ3n) is 2.44. The minimum atomic E-state index is -0.973. The van der Waals surface area contributed by atoms with Crippen LogP contribution >= 0.6 is 0 Å². The number of aryl methyl sites for hydroxylation is 2. The van der Waals surface area contributed by atoms with Crippen LogP contribution < -0.4 is 5.32 Å². The highest BCUT2D eigenvalue weighted by atomic mass is 16.4. The van der Waals surface area contributed by atoms with E-state index in [9.17, 15) is 4.79 Å². The van der Waals surface area contributed by atoms with E-state index in [1.165, 1.54) is 0 Å². The lowest BCUT2D eigenvalue weighted by Gasteiger charge is -2.12. The van der Waals surface area contributed by atoms with Gasteiger partial charge in [0.15, 0.2) is 0 Å². The fraction of sp³-hybridized carbons (Fsp3) is 0.500. The van der Waals surface area contributed by atoms with Gasteiger partial charge in [0.25, 0.3) is 0 Å². The van der Waals surface area contributed by atoms with Crippen LogP contribution in [0.4, 0.5) is 5.69 Å². The predicted octanol–water partition coefficient (Wildman–Crippen LogP) is 1.58. The Bertz CT molecular complexity index is 405. The number of aliphatic hydroxyl groups is 1. The molecule has 0 aliphatic rings. The summed E-state index contributed by atoms with van der Waals surface area (Å²) in [4.78, 5) is 15.3. The fourth-order valence-corrected chi connectivity index (χ4v) is 1.70. The molecule has 5 nitrogen and oxygen atoms in total. The van der Waals surface area contributed by atoms with E-state index in [2.05, 4.69) is 10.3 Å². The number of nitrogens with one attached hydrogen (secondary N) is 1. The molecule has 5 heteroatoms. The molecule has 0 amide bonds. The molecule has 1 heterocycles. The summed E-state index contributed by atoms with van der Waals surface area (Å²) in [6.07, 6.45) is 1.51. The van der Waals surface area contributed by atoms with Crippen molar-refractivity contribution < 1.29 is 15.0 Å². The second-order valence-corrected chi connectivity index (χ2v) is 3.93. The van der Waals surface area contributed by atoms with E-state index in [-0.39, 0.29) is 12.2 Å². The molecule has 0 aromatic carbocycles. The van der Waals surface area contributed by atoms with Crippen LogP contribution in [0.5, 0.6) is 0 Å². The molecule has 0 spiro atoms. The minimum absolute atomic E-state index is 0.155. The van der Waals surface area contributed by atoms with Gasteiger partial charge in [-0.25, -0.2) is 4.79 Å². The van der Waals surface area contributed by atoms with Gasteiger partial charge in [-0.1, -0.05) is 0 Å². The number of carboxylic acid groups (broad SMARTS) is 1. The monoisotopic (exact) mass is 238 g/mol. The van der Waals surface area contributed by atoms with Crippen molar-refractivity contribution in [3.63, 3.8) is 0 Å². The standard InChI is InChI=1S/C12H18N2O3/c1-8-7-10(13-5-3-4-6-15)11(12(16)17)9(2)14-8/h7,15H,3-6H2,1-2H3,(H,13,14)(H,16,17). The van der Waals surface area contributed by atoms with Crippen LogP contribution in [0.1, 0.15) is 34.6 Å². The second kappa shape index (κ2) is 6.20. The van der Waals surface area contributed by atoms with Crippen molar-refractivity contribution in [1.29, 1.82) is 0 Å². The van der Waals surface area contributed by atoms with Gasteiger partial charge in [0.05, 0.1) is 11.4 Å². The first-order valence-corrected chi connectivity index (χ1v) is 5.62. The third-order valence-corrected chi connectivity index (χ3v) is 2.44. The number of aromatic nitrogens is 1. The molecule has 0 atom stereocenters. The second-order valence-electron chi connectivity index (χ2n) is 3.93. The molecule has 0 saturated heterocycles. The molecule has 0 saturated carbocycles. The van der Waals surface area contributed by atoms with Gasteiger partial charge < -0.3 is 15.5 Å². The number of aromatic carboxylic acids is 1. The zero-order valence-electron chi connectivity index (χ0n) is 10.2. The van der Waals surface area contributed by atoms with Gasteiger partial charge in [0.1, 0.15) is 5.56 Å². The zero-order valence-corrected chi connectivity index (χ0v) is 10.2. The zero-order chi connectivity index (χ0) is 12.8. The molecule has 0 aliphatic carbocycles. The highest BCUT2D eigenvalue weighted by Gasteiger charge is 2.14. The number of pyridine rings is 1. The number of hydrogen-bond donors (Lipinski definition) is 3. The molecule has 1 aromatic heterocycles. The lowest BCUT2D eigenvalue weighted by molar-refractivity contribution is 0.0696. The van der Waals surface area contributed by atoms with Crippen LogP contribution in [-0.2, 0) is 0 Å². The number of nitrogens with zero attached hydrogens (tertiary/aromatic N) is 1. The van der Waals surface area contributed by atoms with Crippen molar-refractivity contribution in [2.24, 2.45) is 0 Å². The van der Waals surface area contributed by atoms with Crippen LogP contribution in [0.2, 0.25) is 0 Å². The summed E-state index contributed by atoms with van der Waals surface area (Å²) in [5.74, 6) is -0.973. The molecule has 0 bridgehead atoms. The number of hydrogen-bond acceptors (Lipinski definition) is 4. The number of rotatable bonds is 6. The van der Waals surface area contributed by atoms with E-state index in [1.54, 1.807) is 13.0 Å². The predicted molar refractivity (Wildman–Crippen MR) is 65.5 cm³/mol. The highest BCUT2D eigenvalue weighted by molar-refractivity contribution is 5.95. The fourth-order valence-electron chi connectivity index (χ4n) is 1.70. The highest BCUT2D eigenvalue weighted by Crippen LogP contribution is 2.19. The van der Waals surface area contributed by atoms with Crippen LogP contribution in [0, 0.1) is 13.8 Å². The summed E-state index contributed by atoms with van der Waals surface area (Å²) in [5.41, 5.74) is 2.12. The van der Waals surface area contributed by atoms with Gasteiger partial charge in [-0.15, -0.1) is 0 Å². The molecule has 1 rings (SSSR count). The van der Waals surface area contributed by atoms with Gasteiger partial charge in [-0.05, 0) is 32.8 Å². The Hall–Kier alpha value is -1.62. The lowest BCUT2D eigenvalue weighted by atomic mass is 10.1. The molecule has 94 valence electrons. The smallest absolute Gasteiger partial charge is 0.339 e. The molecule has 1 aromatic rings. The van der Waals surface area contributed by atoms with Crippen molar-refractivity contribution in [2.75, 3.05) is 18.5 Å². The number of carboxylic acids is 1. The number of carbonyl (C=O) groups is 1. The Morgan fingerprint density at radius 1 is 1.41 bits per heavy atom. The van der Waals surface area contributed by atoms with Gasteiger partial charge >= 0.3 is 5.97 Å². The van der Waals surface area contributed by atoms with Crippen molar-refractivity contribution in [2.45, 2.75) is 26.7 Å². The third kappa shape index (κ3) is 3.71. The van der Waals surface area contributed by atoms with Crippen LogP contribution in [0.3, 0.4) is 0 Å². The maximum absolute atomic E-state index is 11.1. The quantitative estimate of drug-likeness (QED) is 0.655. The molecule has 0 aliphatic heterocycles. The van der Waals surface area contributed by atoms with Gasteiger partial charge in [0, 0.05) is 18.8 Å². The van der Waals surface area contributed by atoms with Crippen LogP contribution in [0.25, 0.3) is 0 Å². The first kappa shape index (κ1) is 13.4. The van der Waals surface area contributed by atoms with Gasteiger partial charge in [-0.2, -0.15) is 0 Å². The maximum Gasteiger partial charge on any atom is 0.339 e. The number of unbranched alkanes of at least 4 members (excludes halogenated alkanes) is 1. The first-order valence-electron chi connectivity index (χ1n) is 5.62. The Kier molecular flexibility index (Phi) is 4.90. The van der Waals surface area contributed by atoms with Crippen molar-refractivity contribution in [1.82, 2.24) is 4.98 Å². The SMILES string of the molecule is Cc1cc(NCCCCO)c(C(=O)O)c(C)n1. The van der Waals surface area contributed by atoms with E-state index < -0.39 is 5.97 Å². The summed E-state index contributed by atoms with van der Waals surface area (Å²) < 4.78 is 0. The molecule has 0 fully saturated rings. The number of aliphatic hydroxyl groups excluding tert-OH is 1. The molecule has 17 heavy (non-hydrogen) atoms. The van der Waals surface area contributed by atoms with Crippen LogP contribution in [-0.4, -0.2) is 34.3 Å². The maximum atomic E-state index is 11.1. The van der Waals surface area contributed by atoms with E-state index in [0.29, 0.717) is 24.3 Å². The van der Waals surface area contributed by atoms with Crippen LogP contribution in [0.15, 0.2) is 6.07 Å². The normalized spacial score (nSPS) is 10.3. The topological polar surface area (TPSA) is 82.5 Å². The number of anilines is 1. The molecular formula is C12H18N2O3. The molecule has 3 N–H and O–H groups in total. The summed E-state index contributed by atoms with van der Waals surface area (Å²) in [5, 5.41) is 20.9. The largest absolute Gasteiger partial charge is 0.478 e. The molecular weight excluding hydrogens is 220 g/mol. The Morgan fingerprint density at radius 3 is 2.71 bits per heavy atom. The molecule has 0 radical (unpaired) electrons.